The van der Waals surface area contributed by atoms with Gasteiger partial charge in [0.05, 0.1) is 11.4 Å². The minimum absolute atomic E-state index is 0.182. The number of thioether (sulfide) groups is 1. The van der Waals surface area contributed by atoms with Crippen molar-refractivity contribution in [1.29, 1.82) is 0 Å². The van der Waals surface area contributed by atoms with Crippen molar-refractivity contribution >= 4 is 17.5 Å². The number of hydrogen-bond donors (Lipinski definition) is 1. The zero-order valence-electron chi connectivity index (χ0n) is 8.82. The van der Waals surface area contributed by atoms with E-state index in [0.29, 0.717) is 17.2 Å². The van der Waals surface area contributed by atoms with Crippen LogP contribution in [0.25, 0.3) is 0 Å². The summed E-state index contributed by atoms with van der Waals surface area (Å²) in [6, 6.07) is 0.757. The van der Waals surface area contributed by atoms with Gasteiger partial charge in [-0.05, 0) is 26.8 Å². The van der Waals surface area contributed by atoms with Crippen LogP contribution in [0.5, 0.6) is 0 Å². The highest BCUT2D eigenvalue weighted by molar-refractivity contribution is 8.00. The summed E-state index contributed by atoms with van der Waals surface area (Å²) in [4.78, 5) is 13.8. The van der Waals surface area contributed by atoms with Gasteiger partial charge in [-0.25, -0.2) is 0 Å². The van der Waals surface area contributed by atoms with Crippen molar-refractivity contribution in [2.24, 2.45) is 0 Å². The third-order valence-electron chi connectivity index (χ3n) is 3.29. The molecule has 4 heteroatoms. The predicted molar refractivity (Wildman–Crippen MR) is 59.5 cm³/mol. The van der Waals surface area contributed by atoms with E-state index in [1.807, 2.05) is 18.8 Å². The first-order valence-corrected chi connectivity index (χ1v) is 6.32. The topological polar surface area (TPSA) is 32.3 Å². The molecule has 2 aliphatic heterocycles. The van der Waals surface area contributed by atoms with Crippen LogP contribution >= 0.6 is 11.8 Å². The number of ketones is 1. The molecule has 0 amide bonds. The lowest BCUT2D eigenvalue weighted by atomic mass is 10.0. The van der Waals surface area contributed by atoms with Crippen molar-refractivity contribution in [2.45, 2.75) is 37.2 Å². The van der Waals surface area contributed by atoms with Crippen LogP contribution in [-0.4, -0.2) is 47.5 Å². The summed E-state index contributed by atoms with van der Waals surface area (Å²) in [7, 11) is 2.01. The summed E-state index contributed by atoms with van der Waals surface area (Å²) < 4.78 is 0. The maximum atomic E-state index is 11.4. The van der Waals surface area contributed by atoms with E-state index < -0.39 is 0 Å². The number of carbonyl (C=O) groups is 1. The average Bonchev–Trinajstić information content (AvgIpc) is 2.59. The van der Waals surface area contributed by atoms with Gasteiger partial charge >= 0.3 is 0 Å². The van der Waals surface area contributed by atoms with E-state index in [9.17, 15) is 4.79 Å². The van der Waals surface area contributed by atoms with Gasteiger partial charge in [-0.1, -0.05) is 0 Å². The molecule has 3 atom stereocenters. The Hall–Kier alpha value is -0.0600. The Morgan fingerprint density at radius 3 is 2.93 bits per heavy atom. The quantitative estimate of drug-likeness (QED) is 0.733. The second-order valence-corrected chi connectivity index (χ2v) is 5.38. The standard InChI is InChI=1S/C10H18N2OS/c1-7(13)9-6-14-10-4-3-8(11-2)5-12(9)10/h8-11H,3-6H2,1-2H3/t8-,9-,10-/m1/s1. The normalized spacial score (nSPS) is 38.3. The van der Waals surface area contributed by atoms with Crippen molar-refractivity contribution in [2.75, 3.05) is 19.3 Å². The zero-order chi connectivity index (χ0) is 10.1. The van der Waals surface area contributed by atoms with E-state index in [2.05, 4.69) is 10.2 Å². The summed E-state index contributed by atoms with van der Waals surface area (Å²) >= 11 is 1.95. The first-order chi connectivity index (χ1) is 6.72. The monoisotopic (exact) mass is 214 g/mol. The molecular weight excluding hydrogens is 196 g/mol. The second kappa shape index (κ2) is 4.21. The van der Waals surface area contributed by atoms with E-state index in [4.69, 9.17) is 0 Å². The number of piperidine rings is 1. The molecule has 0 aliphatic carbocycles. The summed E-state index contributed by atoms with van der Waals surface area (Å²) in [5.41, 5.74) is 0. The van der Waals surface area contributed by atoms with Crippen LogP contribution in [0.3, 0.4) is 0 Å². The molecule has 0 radical (unpaired) electrons. The molecule has 0 bridgehead atoms. The smallest absolute Gasteiger partial charge is 0.147 e. The third-order valence-corrected chi connectivity index (χ3v) is 4.69. The molecule has 0 spiro atoms. The van der Waals surface area contributed by atoms with Crippen molar-refractivity contribution in [3.63, 3.8) is 0 Å². The largest absolute Gasteiger partial charge is 0.316 e. The van der Waals surface area contributed by atoms with Crippen molar-refractivity contribution in [1.82, 2.24) is 10.2 Å². The van der Waals surface area contributed by atoms with Gasteiger partial charge in [0.1, 0.15) is 5.78 Å². The SMILES string of the molecule is CN[C@@H]1CC[C@H]2SC[C@H](C(C)=O)N2C1. The van der Waals surface area contributed by atoms with Crippen molar-refractivity contribution in [3.8, 4) is 0 Å². The van der Waals surface area contributed by atoms with Gasteiger partial charge in [0.25, 0.3) is 0 Å². The van der Waals surface area contributed by atoms with Gasteiger partial charge in [0, 0.05) is 18.3 Å². The maximum Gasteiger partial charge on any atom is 0.147 e. The number of likely N-dealkylation sites (N-methyl/N-ethyl adjacent to an activating group) is 1. The lowest BCUT2D eigenvalue weighted by Gasteiger charge is -2.36. The summed E-state index contributed by atoms with van der Waals surface area (Å²) in [5, 5.41) is 3.92. The molecule has 2 aliphatic rings. The second-order valence-electron chi connectivity index (χ2n) is 4.17. The van der Waals surface area contributed by atoms with Crippen LogP contribution in [0, 0.1) is 0 Å². The molecule has 1 N–H and O–H groups in total. The first-order valence-electron chi connectivity index (χ1n) is 5.27. The van der Waals surface area contributed by atoms with E-state index >= 15 is 0 Å². The zero-order valence-corrected chi connectivity index (χ0v) is 9.64. The third kappa shape index (κ3) is 1.83. The highest BCUT2D eigenvalue weighted by atomic mass is 32.2. The van der Waals surface area contributed by atoms with E-state index in [0.717, 1.165) is 12.3 Å². The first kappa shape index (κ1) is 10.5. The van der Waals surface area contributed by atoms with Gasteiger partial charge < -0.3 is 5.32 Å². The molecule has 0 unspecified atom stereocenters. The molecule has 0 aromatic rings. The van der Waals surface area contributed by atoms with Crippen molar-refractivity contribution in [3.05, 3.63) is 0 Å². The molecule has 3 nitrogen and oxygen atoms in total. The summed E-state index contributed by atoms with van der Waals surface area (Å²) in [6.07, 6.45) is 2.47. The fourth-order valence-corrected chi connectivity index (χ4v) is 3.92. The number of nitrogens with zero attached hydrogens (tertiary/aromatic N) is 1. The Bertz CT molecular complexity index is 234. The Morgan fingerprint density at radius 2 is 2.29 bits per heavy atom. The van der Waals surface area contributed by atoms with Crippen LogP contribution in [0.2, 0.25) is 0 Å². The molecule has 2 saturated heterocycles. The Kier molecular flexibility index (Phi) is 3.14. The maximum absolute atomic E-state index is 11.4. The average molecular weight is 214 g/mol. The molecular formula is C10H18N2OS. The Labute approximate surface area is 89.6 Å². The van der Waals surface area contributed by atoms with Gasteiger partial charge in [0.15, 0.2) is 0 Å². The number of carbonyl (C=O) groups excluding carboxylic acids is 1. The summed E-state index contributed by atoms with van der Waals surface area (Å²) in [6.45, 7) is 2.76. The molecule has 2 rings (SSSR count). The minimum atomic E-state index is 0.182. The predicted octanol–water partition coefficient (Wildman–Crippen LogP) is 0.701. The number of Topliss-reactive ketones (excluding diaryl/α,β-unsaturated/α-hetero) is 1. The highest BCUT2D eigenvalue weighted by Crippen LogP contribution is 2.35. The van der Waals surface area contributed by atoms with Gasteiger partial charge in [-0.3, -0.25) is 9.69 Å². The fourth-order valence-electron chi connectivity index (χ4n) is 2.36. The Morgan fingerprint density at radius 1 is 1.50 bits per heavy atom. The molecule has 0 saturated carbocycles. The van der Waals surface area contributed by atoms with Crippen LogP contribution in [0.15, 0.2) is 0 Å². The van der Waals surface area contributed by atoms with Crippen LogP contribution in [0.1, 0.15) is 19.8 Å². The summed E-state index contributed by atoms with van der Waals surface area (Å²) in [5.74, 6) is 1.33. The number of rotatable bonds is 2. The van der Waals surface area contributed by atoms with Crippen LogP contribution in [0.4, 0.5) is 0 Å². The number of hydrogen-bond acceptors (Lipinski definition) is 4. The number of nitrogens with one attached hydrogen (secondary N) is 1. The molecule has 0 aromatic heterocycles. The van der Waals surface area contributed by atoms with Gasteiger partial charge in [0.2, 0.25) is 0 Å². The van der Waals surface area contributed by atoms with Gasteiger partial charge in [-0.15, -0.1) is 11.8 Å². The lowest BCUT2D eigenvalue weighted by molar-refractivity contribution is -0.121. The van der Waals surface area contributed by atoms with Gasteiger partial charge in [-0.2, -0.15) is 0 Å². The van der Waals surface area contributed by atoms with Crippen LogP contribution in [-0.2, 0) is 4.79 Å². The molecule has 2 fully saturated rings. The van der Waals surface area contributed by atoms with Crippen LogP contribution < -0.4 is 5.32 Å². The van der Waals surface area contributed by atoms with E-state index in [-0.39, 0.29) is 6.04 Å². The molecule has 14 heavy (non-hydrogen) atoms. The molecule has 0 aromatic carbocycles. The fraction of sp³-hybridized carbons (Fsp3) is 0.900. The minimum Gasteiger partial charge on any atom is -0.316 e. The number of fused-ring (bicyclic) bond motifs is 1. The highest BCUT2D eigenvalue weighted by Gasteiger charge is 2.40. The van der Waals surface area contributed by atoms with E-state index in [1.165, 1.54) is 12.8 Å². The van der Waals surface area contributed by atoms with Crippen molar-refractivity contribution < 1.29 is 4.79 Å². The molecule has 80 valence electrons. The Balaban J connectivity index is 2.03. The lowest BCUT2D eigenvalue weighted by Crippen LogP contribution is -2.51. The molecule has 2 heterocycles. The van der Waals surface area contributed by atoms with E-state index in [1.54, 1.807) is 6.92 Å².